The molecular formula is C15H23N3O2. The van der Waals surface area contributed by atoms with Gasteiger partial charge in [0.15, 0.2) is 0 Å². The van der Waals surface area contributed by atoms with Gasteiger partial charge in [0.25, 0.3) is 0 Å². The van der Waals surface area contributed by atoms with Crippen LogP contribution in [0.5, 0.6) is 5.75 Å². The van der Waals surface area contributed by atoms with Crippen LogP contribution in [0.2, 0.25) is 0 Å². The van der Waals surface area contributed by atoms with Crippen LogP contribution in [0.4, 0.5) is 0 Å². The second-order valence-electron chi connectivity index (χ2n) is 5.29. The normalized spacial score (nSPS) is 14.2. The molecule has 0 bridgehead atoms. The first-order valence-electron chi connectivity index (χ1n) is 7.11. The van der Waals surface area contributed by atoms with Gasteiger partial charge >= 0.3 is 0 Å². The maximum Gasteiger partial charge on any atom is 0.223 e. The molecule has 20 heavy (non-hydrogen) atoms. The Kier molecular flexibility index (Phi) is 4.95. The average Bonchev–Trinajstić information content (AvgIpc) is 3.25. The van der Waals surface area contributed by atoms with Crippen LogP contribution >= 0.6 is 0 Å². The van der Waals surface area contributed by atoms with Gasteiger partial charge < -0.3 is 15.4 Å². The number of pyridine rings is 1. The van der Waals surface area contributed by atoms with Crippen molar-refractivity contribution in [2.75, 3.05) is 20.2 Å². The van der Waals surface area contributed by atoms with Crippen LogP contribution in [0.3, 0.4) is 0 Å². The SMILES string of the molecule is COc1c(C)cnc(CNCCNC(=O)C2CC2)c1C. The Balaban J connectivity index is 1.75. The van der Waals surface area contributed by atoms with Crippen molar-refractivity contribution in [1.29, 1.82) is 0 Å². The second kappa shape index (κ2) is 6.70. The Morgan fingerprint density at radius 2 is 2.15 bits per heavy atom. The second-order valence-corrected chi connectivity index (χ2v) is 5.29. The summed E-state index contributed by atoms with van der Waals surface area (Å²) < 4.78 is 5.38. The van der Waals surface area contributed by atoms with Crippen molar-refractivity contribution < 1.29 is 9.53 Å². The topological polar surface area (TPSA) is 63.2 Å². The van der Waals surface area contributed by atoms with E-state index in [1.165, 1.54) is 0 Å². The molecule has 0 spiro atoms. The molecule has 1 heterocycles. The largest absolute Gasteiger partial charge is 0.496 e. The van der Waals surface area contributed by atoms with E-state index in [0.717, 1.165) is 42.0 Å². The van der Waals surface area contributed by atoms with E-state index in [4.69, 9.17) is 4.74 Å². The molecule has 1 fully saturated rings. The molecule has 1 aliphatic carbocycles. The minimum absolute atomic E-state index is 0.193. The number of aryl methyl sites for hydroxylation is 1. The van der Waals surface area contributed by atoms with Crippen LogP contribution in [0.1, 0.15) is 29.7 Å². The van der Waals surface area contributed by atoms with Crippen molar-refractivity contribution in [2.45, 2.75) is 33.2 Å². The van der Waals surface area contributed by atoms with E-state index in [9.17, 15) is 4.79 Å². The lowest BCUT2D eigenvalue weighted by Gasteiger charge is -2.13. The van der Waals surface area contributed by atoms with Crippen molar-refractivity contribution >= 4 is 5.91 Å². The summed E-state index contributed by atoms with van der Waals surface area (Å²) >= 11 is 0. The fourth-order valence-corrected chi connectivity index (χ4v) is 2.22. The lowest BCUT2D eigenvalue weighted by molar-refractivity contribution is -0.122. The molecule has 0 aliphatic heterocycles. The fraction of sp³-hybridized carbons (Fsp3) is 0.600. The molecule has 110 valence electrons. The van der Waals surface area contributed by atoms with Gasteiger partial charge in [0.05, 0.1) is 12.8 Å². The maximum absolute atomic E-state index is 11.4. The number of carbonyl (C=O) groups is 1. The summed E-state index contributed by atoms with van der Waals surface area (Å²) in [5, 5.41) is 6.23. The van der Waals surface area contributed by atoms with E-state index in [-0.39, 0.29) is 11.8 Å². The number of nitrogens with zero attached hydrogens (tertiary/aromatic N) is 1. The summed E-state index contributed by atoms with van der Waals surface area (Å²) in [7, 11) is 1.68. The molecule has 2 rings (SSSR count). The summed E-state index contributed by atoms with van der Waals surface area (Å²) in [5.41, 5.74) is 3.11. The van der Waals surface area contributed by atoms with E-state index >= 15 is 0 Å². The zero-order valence-corrected chi connectivity index (χ0v) is 12.5. The lowest BCUT2D eigenvalue weighted by Crippen LogP contribution is -2.32. The quantitative estimate of drug-likeness (QED) is 0.738. The highest BCUT2D eigenvalue weighted by Gasteiger charge is 2.28. The lowest BCUT2D eigenvalue weighted by atomic mass is 10.1. The van der Waals surface area contributed by atoms with Gasteiger partial charge in [0, 0.05) is 42.9 Å². The third-order valence-corrected chi connectivity index (χ3v) is 3.59. The highest BCUT2D eigenvalue weighted by atomic mass is 16.5. The molecule has 0 unspecified atom stereocenters. The smallest absolute Gasteiger partial charge is 0.223 e. The summed E-state index contributed by atoms with van der Waals surface area (Å²) in [6.45, 7) is 6.10. The van der Waals surface area contributed by atoms with Crippen LogP contribution in [0.25, 0.3) is 0 Å². The first kappa shape index (κ1) is 14.8. The summed E-state index contributed by atoms with van der Waals surface area (Å²) in [6.07, 6.45) is 3.93. The molecule has 1 amide bonds. The average molecular weight is 277 g/mol. The van der Waals surface area contributed by atoms with Gasteiger partial charge in [-0.2, -0.15) is 0 Å². The number of hydrogen-bond acceptors (Lipinski definition) is 4. The third-order valence-electron chi connectivity index (χ3n) is 3.59. The van der Waals surface area contributed by atoms with Crippen molar-refractivity contribution in [1.82, 2.24) is 15.6 Å². The highest BCUT2D eigenvalue weighted by molar-refractivity contribution is 5.80. The fourth-order valence-electron chi connectivity index (χ4n) is 2.22. The van der Waals surface area contributed by atoms with Gasteiger partial charge in [-0.05, 0) is 26.7 Å². The van der Waals surface area contributed by atoms with Gasteiger partial charge in [-0.3, -0.25) is 9.78 Å². The van der Waals surface area contributed by atoms with E-state index < -0.39 is 0 Å². The van der Waals surface area contributed by atoms with Crippen LogP contribution in [-0.2, 0) is 11.3 Å². The van der Waals surface area contributed by atoms with Crippen molar-refractivity contribution in [3.8, 4) is 5.75 Å². The van der Waals surface area contributed by atoms with E-state index in [0.29, 0.717) is 13.1 Å². The van der Waals surface area contributed by atoms with Crippen LogP contribution in [0.15, 0.2) is 6.20 Å². The minimum atomic E-state index is 0.193. The molecular weight excluding hydrogens is 254 g/mol. The summed E-state index contributed by atoms with van der Waals surface area (Å²) in [5.74, 6) is 1.37. The Labute approximate surface area is 120 Å². The predicted octanol–water partition coefficient (Wildman–Crippen LogP) is 1.32. The van der Waals surface area contributed by atoms with Gasteiger partial charge in [-0.1, -0.05) is 0 Å². The van der Waals surface area contributed by atoms with Gasteiger partial charge in [0.2, 0.25) is 5.91 Å². The molecule has 1 aromatic heterocycles. The summed E-state index contributed by atoms with van der Waals surface area (Å²) in [4.78, 5) is 15.9. The Hall–Kier alpha value is -1.62. The number of nitrogens with one attached hydrogen (secondary N) is 2. The molecule has 1 saturated carbocycles. The molecule has 0 atom stereocenters. The minimum Gasteiger partial charge on any atom is -0.496 e. The highest BCUT2D eigenvalue weighted by Crippen LogP contribution is 2.28. The van der Waals surface area contributed by atoms with E-state index in [2.05, 4.69) is 15.6 Å². The van der Waals surface area contributed by atoms with E-state index in [1.54, 1.807) is 7.11 Å². The Morgan fingerprint density at radius 1 is 1.40 bits per heavy atom. The van der Waals surface area contributed by atoms with E-state index in [1.807, 2.05) is 20.0 Å². The molecule has 2 N–H and O–H groups in total. The van der Waals surface area contributed by atoms with Crippen LogP contribution in [-0.4, -0.2) is 31.1 Å². The number of methoxy groups -OCH3 is 1. The predicted molar refractivity (Wildman–Crippen MR) is 77.7 cm³/mol. The first-order chi connectivity index (χ1) is 9.63. The molecule has 0 saturated heterocycles. The molecule has 0 radical (unpaired) electrons. The maximum atomic E-state index is 11.4. The standard InChI is InChI=1S/C15H23N3O2/c1-10-8-18-13(11(2)14(10)20-3)9-16-6-7-17-15(19)12-4-5-12/h8,12,16H,4-7,9H2,1-3H3,(H,17,19). The molecule has 5 nitrogen and oxygen atoms in total. The molecule has 5 heteroatoms. The Bertz CT molecular complexity index is 484. The number of aromatic nitrogens is 1. The van der Waals surface area contributed by atoms with Crippen LogP contribution < -0.4 is 15.4 Å². The van der Waals surface area contributed by atoms with Crippen molar-refractivity contribution in [3.05, 3.63) is 23.0 Å². The molecule has 1 aliphatic rings. The Morgan fingerprint density at radius 3 is 2.80 bits per heavy atom. The molecule has 1 aromatic rings. The third kappa shape index (κ3) is 3.70. The number of ether oxygens (including phenoxy) is 1. The van der Waals surface area contributed by atoms with Gasteiger partial charge in [-0.25, -0.2) is 0 Å². The first-order valence-corrected chi connectivity index (χ1v) is 7.11. The summed E-state index contributed by atoms with van der Waals surface area (Å²) in [6, 6.07) is 0. The number of amides is 1. The van der Waals surface area contributed by atoms with Crippen LogP contribution in [0, 0.1) is 19.8 Å². The number of carbonyl (C=O) groups excluding carboxylic acids is 1. The number of rotatable bonds is 7. The number of hydrogen-bond donors (Lipinski definition) is 2. The molecule has 0 aromatic carbocycles. The van der Waals surface area contributed by atoms with Crippen molar-refractivity contribution in [3.63, 3.8) is 0 Å². The zero-order chi connectivity index (χ0) is 14.5. The van der Waals surface area contributed by atoms with Gasteiger partial charge in [-0.15, -0.1) is 0 Å². The monoisotopic (exact) mass is 277 g/mol. The van der Waals surface area contributed by atoms with Crippen molar-refractivity contribution in [2.24, 2.45) is 5.92 Å². The van der Waals surface area contributed by atoms with Gasteiger partial charge in [0.1, 0.15) is 5.75 Å². The zero-order valence-electron chi connectivity index (χ0n) is 12.5.